The fraction of sp³-hybridized carbons (Fsp3) is 0.455. The third-order valence-electron chi connectivity index (χ3n) is 5.87. The van der Waals surface area contributed by atoms with Crippen molar-refractivity contribution in [2.45, 2.75) is 37.7 Å². The summed E-state index contributed by atoms with van der Waals surface area (Å²) in [7, 11) is 0. The van der Waals surface area contributed by atoms with Crippen LogP contribution in [0, 0.1) is 5.82 Å². The van der Waals surface area contributed by atoms with Crippen LogP contribution in [0.15, 0.2) is 23.6 Å². The number of nitrogens with one attached hydrogen (secondary N) is 3. The molecule has 1 unspecified atom stereocenters. The van der Waals surface area contributed by atoms with Crippen LogP contribution in [0.1, 0.15) is 57.5 Å². The second-order valence-corrected chi connectivity index (χ2v) is 9.86. The second-order valence-electron chi connectivity index (χ2n) is 8.16. The number of carbonyl (C=O) groups is 2. The van der Waals surface area contributed by atoms with Crippen LogP contribution in [0.4, 0.5) is 4.39 Å². The van der Waals surface area contributed by atoms with Gasteiger partial charge in [0.1, 0.15) is 11.5 Å². The van der Waals surface area contributed by atoms with Gasteiger partial charge in [-0.25, -0.2) is 9.37 Å². The molecule has 12 heteroatoms. The molecule has 0 aliphatic carbocycles. The maximum Gasteiger partial charge on any atom is 0.289 e. The lowest BCUT2D eigenvalue weighted by Crippen LogP contribution is -2.48. The Morgan fingerprint density at radius 3 is 2.76 bits per heavy atom. The largest absolute Gasteiger partial charge is 0.376 e. The molecule has 0 radical (unpaired) electrons. The molecule has 2 aliphatic heterocycles. The number of hydrogen-bond donors (Lipinski definition) is 3. The predicted molar refractivity (Wildman–Crippen MR) is 132 cm³/mol. The maximum atomic E-state index is 14.1. The van der Waals surface area contributed by atoms with Gasteiger partial charge in [-0.05, 0) is 50.0 Å². The van der Waals surface area contributed by atoms with Crippen molar-refractivity contribution >= 4 is 52.1 Å². The summed E-state index contributed by atoms with van der Waals surface area (Å²) in [5.41, 5.74) is 5.44. The van der Waals surface area contributed by atoms with Gasteiger partial charge in [0.25, 0.3) is 11.8 Å². The van der Waals surface area contributed by atoms with E-state index >= 15 is 0 Å². The number of aromatic nitrogens is 1. The van der Waals surface area contributed by atoms with Crippen LogP contribution < -0.4 is 16.2 Å². The Morgan fingerprint density at radius 1 is 1.26 bits per heavy atom. The topological polar surface area (TPSA) is 95.6 Å². The van der Waals surface area contributed by atoms with E-state index in [9.17, 15) is 14.0 Å². The van der Waals surface area contributed by atoms with E-state index in [-0.39, 0.29) is 28.5 Å². The number of amides is 2. The fourth-order valence-corrected chi connectivity index (χ4v) is 5.35. The van der Waals surface area contributed by atoms with Gasteiger partial charge < -0.3 is 15.0 Å². The number of hydrazine groups is 1. The zero-order valence-electron chi connectivity index (χ0n) is 18.3. The lowest BCUT2D eigenvalue weighted by atomic mass is 9.97. The molecule has 0 saturated carbocycles. The number of benzene rings is 1. The van der Waals surface area contributed by atoms with E-state index in [0.29, 0.717) is 43.3 Å². The van der Waals surface area contributed by atoms with Crippen molar-refractivity contribution in [3.05, 3.63) is 50.7 Å². The van der Waals surface area contributed by atoms with Gasteiger partial charge in [-0.1, -0.05) is 17.7 Å². The highest BCUT2D eigenvalue weighted by molar-refractivity contribution is 7.80. The van der Waals surface area contributed by atoms with E-state index in [0.717, 1.165) is 24.5 Å². The Labute approximate surface area is 211 Å². The number of thiazole rings is 1. The molecule has 1 aromatic carbocycles. The molecule has 1 aromatic heterocycles. The summed E-state index contributed by atoms with van der Waals surface area (Å²) in [6, 6.07) is 4.21. The maximum absolute atomic E-state index is 14.1. The van der Waals surface area contributed by atoms with Crippen LogP contribution in [0.3, 0.4) is 0 Å². The number of halogens is 2. The van der Waals surface area contributed by atoms with Crippen molar-refractivity contribution in [1.29, 1.82) is 0 Å². The van der Waals surface area contributed by atoms with Crippen LogP contribution in [0.2, 0.25) is 5.02 Å². The zero-order valence-corrected chi connectivity index (χ0v) is 20.7. The van der Waals surface area contributed by atoms with E-state index < -0.39 is 11.7 Å². The average Bonchev–Trinajstić information content (AvgIpc) is 3.54. The molecular formula is C22H25ClFN5O3S2. The molecular weight excluding hydrogens is 501 g/mol. The summed E-state index contributed by atoms with van der Waals surface area (Å²) in [4.78, 5) is 31.2. The molecule has 2 aliphatic rings. The van der Waals surface area contributed by atoms with E-state index in [1.165, 1.54) is 29.5 Å². The minimum atomic E-state index is -0.620. The van der Waals surface area contributed by atoms with Crippen molar-refractivity contribution in [3.8, 4) is 0 Å². The molecule has 0 spiro atoms. The third-order valence-corrected chi connectivity index (χ3v) is 7.44. The molecule has 8 nitrogen and oxygen atoms in total. The Morgan fingerprint density at radius 2 is 2.06 bits per heavy atom. The second kappa shape index (κ2) is 11.4. The van der Waals surface area contributed by atoms with Gasteiger partial charge in [-0.15, -0.1) is 11.3 Å². The number of carbonyl (C=O) groups excluding carboxylic acids is 2. The van der Waals surface area contributed by atoms with Crippen LogP contribution in [0.5, 0.6) is 0 Å². The monoisotopic (exact) mass is 525 g/mol. The average molecular weight is 526 g/mol. The summed E-state index contributed by atoms with van der Waals surface area (Å²) in [5.74, 6) is -1.29. The minimum absolute atomic E-state index is 0.0912. The molecule has 0 bridgehead atoms. The first-order chi connectivity index (χ1) is 16.4. The highest BCUT2D eigenvalue weighted by Crippen LogP contribution is 2.31. The molecule has 2 amide bonds. The number of likely N-dealkylation sites (tertiary alicyclic amines) is 1. The summed E-state index contributed by atoms with van der Waals surface area (Å²) < 4.78 is 19.6. The van der Waals surface area contributed by atoms with Crippen LogP contribution in [-0.2, 0) is 4.74 Å². The summed E-state index contributed by atoms with van der Waals surface area (Å²) in [6.45, 7) is 2.28. The molecule has 3 N–H and O–H groups in total. The first kappa shape index (κ1) is 24.8. The first-order valence-electron chi connectivity index (χ1n) is 11.1. The van der Waals surface area contributed by atoms with Gasteiger partial charge in [0.05, 0.1) is 21.7 Å². The van der Waals surface area contributed by atoms with Crippen molar-refractivity contribution in [3.63, 3.8) is 0 Å². The van der Waals surface area contributed by atoms with Crippen molar-refractivity contribution in [1.82, 2.24) is 26.1 Å². The number of hydrogen-bond acceptors (Lipinski definition) is 6. The number of nitrogens with zero attached hydrogens (tertiary/aromatic N) is 2. The molecule has 182 valence electrons. The Kier molecular flexibility index (Phi) is 8.30. The van der Waals surface area contributed by atoms with Crippen molar-refractivity contribution in [2.75, 3.05) is 26.2 Å². The standard InChI is InChI=1S/C22H25ClFN5O3S2/c23-15-4-1-5-16(24)18(15)21(31)29-8-6-13(7-9-29)20-26-17(12-34-20)19(30)27-28-22(33)25-11-14-3-2-10-32-14/h1,4-5,12-14H,2-3,6-11H2,(H,27,30)(H2,25,28,33). The Hall–Kier alpha value is -2.34. The van der Waals surface area contributed by atoms with Gasteiger partial charge in [0.2, 0.25) is 0 Å². The number of piperidine rings is 1. The normalized spacial score (nSPS) is 18.5. The molecule has 34 heavy (non-hydrogen) atoms. The molecule has 2 fully saturated rings. The van der Waals surface area contributed by atoms with Crippen LogP contribution in [0.25, 0.3) is 0 Å². The van der Waals surface area contributed by atoms with Gasteiger partial charge in [0.15, 0.2) is 5.11 Å². The Bertz CT molecular complexity index is 1030. The fourth-order valence-electron chi connectivity index (χ4n) is 4.00. The lowest BCUT2D eigenvalue weighted by Gasteiger charge is -2.31. The molecule has 2 saturated heterocycles. The molecule has 4 rings (SSSR count). The Balaban J connectivity index is 1.24. The number of ether oxygens (including phenoxy) is 1. The number of thiocarbonyl (C=S) groups is 1. The summed E-state index contributed by atoms with van der Waals surface area (Å²) >= 11 is 12.6. The van der Waals surface area contributed by atoms with E-state index in [1.54, 1.807) is 10.3 Å². The molecule has 3 heterocycles. The number of rotatable bonds is 5. The molecule has 2 aromatic rings. The van der Waals surface area contributed by atoms with Crippen LogP contribution in [-0.4, -0.2) is 59.2 Å². The van der Waals surface area contributed by atoms with Gasteiger partial charge >= 0.3 is 0 Å². The van der Waals surface area contributed by atoms with Crippen molar-refractivity contribution < 1.29 is 18.7 Å². The first-order valence-corrected chi connectivity index (χ1v) is 12.7. The highest BCUT2D eigenvalue weighted by Gasteiger charge is 2.29. The SMILES string of the molecule is O=C(NNC(=S)NCC1CCCO1)c1csc(C2CCN(C(=O)c3c(F)cccc3Cl)CC2)n1. The van der Waals surface area contributed by atoms with Gasteiger partial charge in [-0.2, -0.15) is 0 Å². The lowest BCUT2D eigenvalue weighted by molar-refractivity contribution is 0.0708. The third kappa shape index (κ3) is 6.01. The predicted octanol–water partition coefficient (Wildman–Crippen LogP) is 3.24. The molecule has 1 atom stereocenters. The van der Waals surface area contributed by atoms with Crippen LogP contribution >= 0.6 is 35.2 Å². The quantitative estimate of drug-likeness (QED) is 0.407. The van der Waals surface area contributed by atoms with Gasteiger partial charge in [0, 0.05) is 37.5 Å². The minimum Gasteiger partial charge on any atom is -0.376 e. The summed E-state index contributed by atoms with van der Waals surface area (Å²) in [5, 5.41) is 5.97. The van der Waals surface area contributed by atoms with E-state index in [2.05, 4.69) is 21.2 Å². The summed E-state index contributed by atoms with van der Waals surface area (Å²) in [6.07, 6.45) is 3.52. The van der Waals surface area contributed by atoms with Gasteiger partial charge in [-0.3, -0.25) is 20.4 Å². The van der Waals surface area contributed by atoms with Crippen molar-refractivity contribution in [2.24, 2.45) is 0 Å². The smallest absolute Gasteiger partial charge is 0.289 e. The van der Waals surface area contributed by atoms with E-state index in [4.69, 9.17) is 28.6 Å². The zero-order chi connectivity index (χ0) is 24.1. The van der Waals surface area contributed by atoms with E-state index in [1.807, 2.05) is 0 Å². The highest BCUT2D eigenvalue weighted by atomic mass is 35.5.